The van der Waals surface area contributed by atoms with Crippen LogP contribution in [0.15, 0.2) is 59.1 Å². The van der Waals surface area contributed by atoms with E-state index in [4.69, 9.17) is 9.26 Å². The van der Waals surface area contributed by atoms with E-state index in [0.29, 0.717) is 35.7 Å². The zero-order chi connectivity index (χ0) is 20.4. The molecule has 0 atom stereocenters. The van der Waals surface area contributed by atoms with E-state index in [9.17, 15) is 9.59 Å². The molecule has 0 radical (unpaired) electrons. The Morgan fingerprint density at radius 1 is 1.03 bits per heavy atom. The normalized spacial score (nSPS) is 14.1. The lowest BCUT2D eigenvalue weighted by molar-refractivity contribution is -0.118. The Morgan fingerprint density at radius 3 is 2.45 bits per heavy atom. The topological polar surface area (TPSA) is 93.5 Å². The van der Waals surface area contributed by atoms with Crippen molar-refractivity contribution in [1.82, 2.24) is 5.16 Å². The first-order chi connectivity index (χ1) is 14.0. The molecule has 4 rings (SSSR count). The smallest absolute Gasteiger partial charge is 0.236 e. The van der Waals surface area contributed by atoms with Gasteiger partial charge in [0.15, 0.2) is 5.76 Å². The van der Waals surface area contributed by atoms with E-state index >= 15 is 0 Å². The number of hydrogen-bond acceptors (Lipinski definition) is 5. The number of nitrogens with one attached hydrogen (secondary N) is 2. The Bertz CT molecular complexity index is 1070. The molecule has 148 valence electrons. The number of amides is 2. The predicted molar refractivity (Wildman–Crippen MR) is 109 cm³/mol. The molecule has 0 aliphatic heterocycles. The molecule has 1 aliphatic rings. The fourth-order valence-corrected chi connectivity index (χ4v) is 3.27. The van der Waals surface area contributed by atoms with Gasteiger partial charge in [-0.2, -0.15) is 0 Å². The van der Waals surface area contributed by atoms with Crippen LogP contribution in [0.1, 0.15) is 25.5 Å². The van der Waals surface area contributed by atoms with Crippen LogP contribution in [0.25, 0.3) is 11.3 Å². The van der Waals surface area contributed by atoms with E-state index < -0.39 is 5.41 Å². The van der Waals surface area contributed by atoms with Gasteiger partial charge in [0.2, 0.25) is 11.8 Å². The van der Waals surface area contributed by atoms with E-state index in [2.05, 4.69) is 15.8 Å². The summed E-state index contributed by atoms with van der Waals surface area (Å²) in [6, 6.07) is 16.3. The van der Waals surface area contributed by atoms with Crippen molar-refractivity contribution in [3.05, 3.63) is 60.3 Å². The van der Waals surface area contributed by atoms with Gasteiger partial charge in [-0.05, 0) is 43.2 Å². The largest absolute Gasteiger partial charge is 0.497 e. The molecule has 3 aromatic rings. The van der Waals surface area contributed by atoms with Gasteiger partial charge < -0.3 is 19.9 Å². The highest BCUT2D eigenvalue weighted by atomic mass is 16.5. The second-order valence-electron chi connectivity index (χ2n) is 7.11. The zero-order valence-corrected chi connectivity index (χ0v) is 16.2. The number of nitrogens with zero attached hydrogens (tertiary/aromatic N) is 1. The van der Waals surface area contributed by atoms with E-state index in [1.807, 2.05) is 30.3 Å². The number of anilines is 2. The van der Waals surface area contributed by atoms with Gasteiger partial charge in [0.1, 0.15) is 5.75 Å². The average molecular weight is 391 g/mol. The monoisotopic (exact) mass is 391 g/mol. The standard InChI is InChI=1S/C22H21N3O4/c1-14(26)23-16-6-4-7-17(12-16)24-21(27)22(9-10-22)20-13-19(29-25-20)15-5-3-8-18(11-15)28-2/h3-8,11-13H,9-10H2,1-2H3,(H,23,26)(H,24,27). The average Bonchev–Trinajstić information content (AvgIpc) is 3.37. The Balaban J connectivity index is 1.53. The van der Waals surface area contributed by atoms with Gasteiger partial charge in [0.25, 0.3) is 0 Å². The highest BCUT2D eigenvalue weighted by Gasteiger charge is 2.53. The third-order valence-corrected chi connectivity index (χ3v) is 4.98. The highest BCUT2D eigenvalue weighted by molar-refractivity contribution is 6.01. The van der Waals surface area contributed by atoms with E-state index in [0.717, 1.165) is 11.3 Å². The summed E-state index contributed by atoms with van der Waals surface area (Å²) in [5.41, 5.74) is 2.00. The van der Waals surface area contributed by atoms with Crippen LogP contribution >= 0.6 is 0 Å². The first kappa shape index (κ1) is 18.7. The summed E-state index contributed by atoms with van der Waals surface area (Å²) in [6.45, 7) is 1.44. The van der Waals surface area contributed by atoms with Crippen molar-refractivity contribution in [1.29, 1.82) is 0 Å². The van der Waals surface area contributed by atoms with Gasteiger partial charge in [0.05, 0.1) is 18.2 Å². The molecule has 1 heterocycles. The third-order valence-electron chi connectivity index (χ3n) is 4.98. The van der Waals surface area contributed by atoms with Crippen LogP contribution in [-0.2, 0) is 15.0 Å². The van der Waals surface area contributed by atoms with Crippen LogP contribution in [0.4, 0.5) is 11.4 Å². The molecule has 0 unspecified atom stereocenters. The minimum atomic E-state index is -0.690. The maximum atomic E-state index is 13.0. The van der Waals surface area contributed by atoms with Crippen molar-refractivity contribution in [2.75, 3.05) is 17.7 Å². The first-order valence-corrected chi connectivity index (χ1v) is 9.31. The molecule has 1 aromatic heterocycles. The fraction of sp³-hybridized carbons (Fsp3) is 0.227. The molecule has 7 nitrogen and oxygen atoms in total. The second kappa shape index (κ2) is 7.43. The molecule has 2 amide bonds. The molecule has 1 fully saturated rings. The predicted octanol–water partition coefficient (Wildman–Crippen LogP) is 3.98. The Labute approximate surface area is 168 Å². The highest BCUT2D eigenvalue weighted by Crippen LogP contribution is 2.49. The van der Waals surface area contributed by atoms with Crippen LogP contribution in [0.2, 0.25) is 0 Å². The maximum Gasteiger partial charge on any atom is 0.236 e. The Morgan fingerprint density at radius 2 is 1.76 bits per heavy atom. The van der Waals surface area contributed by atoms with Crippen molar-refractivity contribution in [2.24, 2.45) is 0 Å². The van der Waals surface area contributed by atoms with Gasteiger partial charge in [-0.1, -0.05) is 23.4 Å². The molecule has 2 aromatic carbocycles. The minimum absolute atomic E-state index is 0.136. The number of benzene rings is 2. The van der Waals surface area contributed by atoms with Crippen LogP contribution in [0, 0.1) is 0 Å². The number of ether oxygens (including phenoxy) is 1. The molecular weight excluding hydrogens is 370 g/mol. The fourth-order valence-electron chi connectivity index (χ4n) is 3.27. The summed E-state index contributed by atoms with van der Waals surface area (Å²) in [5, 5.41) is 9.81. The summed E-state index contributed by atoms with van der Waals surface area (Å²) in [4.78, 5) is 24.2. The first-order valence-electron chi connectivity index (χ1n) is 9.31. The second-order valence-corrected chi connectivity index (χ2v) is 7.11. The number of hydrogen-bond donors (Lipinski definition) is 2. The Kier molecular flexibility index (Phi) is 4.80. The summed E-state index contributed by atoms with van der Waals surface area (Å²) in [7, 11) is 1.61. The van der Waals surface area contributed by atoms with Gasteiger partial charge in [-0.25, -0.2) is 0 Å². The minimum Gasteiger partial charge on any atom is -0.497 e. The third kappa shape index (κ3) is 3.85. The van der Waals surface area contributed by atoms with E-state index in [1.165, 1.54) is 6.92 Å². The lowest BCUT2D eigenvalue weighted by Gasteiger charge is -2.13. The van der Waals surface area contributed by atoms with Crippen molar-refractivity contribution in [3.8, 4) is 17.1 Å². The molecule has 7 heteroatoms. The lowest BCUT2D eigenvalue weighted by Crippen LogP contribution is -2.28. The maximum absolute atomic E-state index is 13.0. The number of methoxy groups -OCH3 is 1. The van der Waals surface area contributed by atoms with Gasteiger partial charge in [-0.15, -0.1) is 0 Å². The molecule has 0 saturated heterocycles. The quantitative estimate of drug-likeness (QED) is 0.663. The van der Waals surface area contributed by atoms with Crippen LogP contribution in [-0.4, -0.2) is 24.1 Å². The van der Waals surface area contributed by atoms with Crippen molar-refractivity contribution in [3.63, 3.8) is 0 Å². The van der Waals surface area contributed by atoms with Crippen molar-refractivity contribution in [2.45, 2.75) is 25.2 Å². The molecular formula is C22H21N3O4. The van der Waals surface area contributed by atoms with E-state index in [1.54, 1.807) is 31.4 Å². The Hall–Kier alpha value is -3.61. The molecule has 0 spiro atoms. The molecule has 29 heavy (non-hydrogen) atoms. The number of carbonyl (C=O) groups excluding carboxylic acids is 2. The van der Waals surface area contributed by atoms with Crippen molar-refractivity contribution >= 4 is 23.2 Å². The molecule has 1 aliphatic carbocycles. The van der Waals surface area contributed by atoms with E-state index in [-0.39, 0.29) is 11.8 Å². The van der Waals surface area contributed by atoms with Crippen molar-refractivity contribution < 1.29 is 18.8 Å². The molecule has 0 bridgehead atoms. The number of aromatic nitrogens is 1. The lowest BCUT2D eigenvalue weighted by atomic mass is 10.00. The number of rotatable bonds is 6. The van der Waals surface area contributed by atoms with Gasteiger partial charge in [0, 0.05) is 29.9 Å². The summed E-state index contributed by atoms with van der Waals surface area (Å²) < 4.78 is 10.8. The van der Waals surface area contributed by atoms with Crippen LogP contribution in [0.5, 0.6) is 5.75 Å². The molecule has 2 N–H and O–H groups in total. The molecule has 1 saturated carbocycles. The van der Waals surface area contributed by atoms with Crippen LogP contribution < -0.4 is 15.4 Å². The van der Waals surface area contributed by atoms with Gasteiger partial charge in [-0.3, -0.25) is 9.59 Å². The SMILES string of the molecule is COc1cccc(-c2cc(C3(C(=O)Nc4cccc(NC(C)=O)c4)CC3)no2)c1. The number of carbonyl (C=O) groups is 2. The van der Waals surface area contributed by atoms with Gasteiger partial charge >= 0.3 is 0 Å². The summed E-state index contributed by atoms with van der Waals surface area (Å²) in [5.74, 6) is 1.01. The zero-order valence-electron chi connectivity index (χ0n) is 16.2. The van der Waals surface area contributed by atoms with Crippen LogP contribution in [0.3, 0.4) is 0 Å². The summed E-state index contributed by atoms with van der Waals surface area (Å²) in [6.07, 6.45) is 1.41. The summed E-state index contributed by atoms with van der Waals surface area (Å²) >= 11 is 0.